The molecule has 0 aromatic heterocycles. The Morgan fingerprint density at radius 2 is 1.92 bits per heavy atom. The summed E-state index contributed by atoms with van der Waals surface area (Å²) < 4.78 is 15.0. The summed E-state index contributed by atoms with van der Waals surface area (Å²) in [7, 11) is 0. The SMILES string of the molecule is CCC(=O)C1CCC2C3CC(F)=C4CC(C)(O)CCC4C3CCC12C. The van der Waals surface area contributed by atoms with Gasteiger partial charge in [-0.05, 0) is 86.5 Å². The molecule has 0 aliphatic heterocycles. The van der Waals surface area contributed by atoms with E-state index in [9.17, 15) is 9.90 Å². The normalized spacial score (nSPS) is 49.4. The highest BCUT2D eigenvalue weighted by molar-refractivity contribution is 5.82. The van der Waals surface area contributed by atoms with Crippen LogP contribution in [0.1, 0.15) is 78.6 Å². The van der Waals surface area contributed by atoms with Crippen LogP contribution >= 0.6 is 0 Å². The molecule has 4 rings (SSSR count). The second-order valence-corrected chi connectivity index (χ2v) is 9.88. The molecule has 1 N–H and O–H groups in total. The molecule has 3 fully saturated rings. The predicted molar refractivity (Wildman–Crippen MR) is 96.5 cm³/mol. The standard InChI is InChI=1S/C22H33FO2/c1-4-20(24)18-6-5-17-15-11-19(23)16-12-21(2,25)9-7-14(16)13(15)8-10-22(17,18)3/h13-15,17-18,25H,4-12H2,1-3H3. The fourth-order valence-electron chi connectivity index (χ4n) is 7.26. The van der Waals surface area contributed by atoms with Crippen LogP contribution in [0.4, 0.5) is 4.39 Å². The lowest BCUT2D eigenvalue weighted by Crippen LogP contribution is -2.48. The number of rotatable bonds is 2. The van der Waals surface area contributed by atoms with Crippen LogP contribution in [-0.4, -0.2) is 16.5 Å². The number of hydrogen-bond acceptors (Lipinski definition) is 2. The first kappa shape index (κ1) is 17.7. The van der Waals surface area contributed by atoms with Crippen molar-refractivity contribution in [3.8, 4) is 0 Å². The summed E-state index contributed by atoms with van der Waals surface area (Å²) >= 11 is 0. The van der Waals surface area contributed by atoms with Gasteiger partial charge in [0, 0.05) is 18.8 Å². The third-order valence-corrected chi connectivity index (χ3v) is 8.52. The van der Waals surface area contributed by atoms with Gasteiger partial charge in [-0.15, -0.1) is 0 Å². The summed E-state index contributed by atoms with van der Waals surface area (Å²) in [6.07, 6.45) is 7.79. The minimum Gasteiger partial charge on any atom is -0.390 e. The molecule has 7 atom stereocenters. The van der Waals surface area contributed by atoms with Crippen LogP contribution in [0.25, 0.3) is 0 Å². The van der Waals surface area contributed by atoms with Crippen molar-refractivity contribution in [1.82, 2.24) is 0 Å². The third kappa shape index (κ3) is 2.64. The van der Waals surface area contributed by atoms with Gasteiger partial charge in [0.2, 0.25) is 0 Å². The van der Waals surface area contributed by atoms with Crippen LogP contribution in [0.5, 0.6) is 0 Å². The summed E-state index contributed by atoms with van der Waals surface area (Å²) in [6, 6.07) is 0. The maximum absolute atomic E-state index is 15.0. The molecule has 3 saturated carbocycles. The minimum absolute atomic E-state index is 0.0701. The van der Waals surface area contributed by atoms with Gasteiger partial charge in [0.25, 0.3) is 0 Å². The van der Waals surface area contributed by atoms with Crippen LogP contribution in [-0.2, 0) is 4.79 Å². The molecule has 0 aromatic carbocycles. The zero-order valence-electron chi connectivity index (χ0n) is 16.0. The number of hydrogen-bond donors (Lipinski definition) is 1. The lowest BCUT2D eigenvalue weighted by Gasteiger charge is -2.54. The molecule has 0 saturated heterocycles. The number of Topliss-reactive ketones (excluding diaryl/α,β-unsaturated/α-hetero) is 1. The number of ketones is 1. The second-order valence-electron chi connectivity index (χ2n) is 9.88. The average Bonchev–Trinajstić information content (AvgIpc) is 2.91. The van der Waals surface area contributed by atoms with Crippen molar-refractivity contribution in [2.24, 2.45) is 35.0 Å². The van der Waals surface area contributed by atoms with Crippen LogP contribution in [0, 0.1) is 35.0 Å². The van der Waals surface area contributed by atoms with E-state index in [1.165, 1.54) is 0 Å². The molecular formula is C22H33FO2. The zero-order chi connectivity index (χ0) is 18.0. The maximum atomic E-state index is 15.0. The van der Waals surface area contributed by atoms with Gasteiger partial charge in [0.1, 0.15) is 5.78 Å². The highest BCUT2D eigenvalue weighted by Crippen LogP contribution is 2.64. The highest BCUT2D eigenvalue weighted by Gasteiger charge is 2.58. The molecule has 7 unspecified atom stereocenters. The molecule has 0 aromatic rings. The summed E-state index contributed by atoms with van der Waals surface area (Å²) in [5.74, 6) is 2.50. The molecule has 0 amide bonds. The van der Waals surface area contributed by atoms with E-state index in [-0.39, 0.29) is 17.2 Å². The van der Waals surface area contributed by atoms with Crippen molar-refractivity contribution >= 4 is 5.78 Å². The van der Waals surface area contributed by atoms with Crippen LogP contribution in [0.15, 0.2) is 11.4 Å². The Balaban J connectivity index is 1.63. The van der Waals surface area contributed by atoms with Crippen LogP contribution in [0.3, 0.4) is 0 Å². The number of halogens is 1. The molecule has 0 radical (unpaired) electrons. The van der Waals surface area contributed by atoms with Crippen molar-refractivity contribution in [1.29, 1.82) is 0 Å². The number of carbonyl (C=O) groups is 1. The van der Waals surface area contributed by atoms with Crippen molar-refractivity contribution in [3.63, 3.8) is 0 Å². The number of fused-ring (bicyclic) bond motifs is 5. The van der Waals surface area contributed by atoms with Crippen LogP contribution in [0.2, 0.25) is 0 Å². The lowest BCUT2D eigenvalue weighted by molar-refractivity contribution is -0.128. The van der Waals surface area contributed by atoms with E-state index in [0.717, 1.165) is 44.1 Å². The Hall–Kier alpha value is -0.700. The van der Waals surface area contributed by atoms with E-state index in [1.807, 2.05) is 13.8 Å². The molecule has 0 heterocycles. The van der Waals surface area contributed by atoms with Gasteiger partial charge in [0.05, 0.1) is 11.4 Å². The average molecular weight is 349 g/mol. The van der Waals surface area contributed by atoms with Crippen molar-refractivity contribution in [2.75, 3.05) is 0 Å². The summed E-state index contributed by atoms with van der Waals surface area (Å²) in [6.45, 7) is 6.15. The predicted octanol–water partition coefficient (Wildman–Crippen LogP) is 5.20. The van der Waals surface area contributed by atoms with Gasteiger partial charge in [-0.3, -0.25) is 4.79 Å². The molecule has 3 heteroatoms. The minimum atomic E-state index is -0.731. The van der Waals surface area contributed by atoms with Crippen molar-refractivity contribution in [2.45, 2.75) is 84.2 Å². The topological polar surface area (TPSA) is 37.3 Å². The van der Waals surface area contributed by atoms with Crippen molar-refractivity contribution < 1.29 is 14.3 Å². The number of allylic oxidation sites excluding steroid dienone is 1. The van der Waals surface area contributed by atoms with E-state index >= 15 is 4.39 Å². The van der Waals surface area contributed by atoms with E-state index in [4.69, 9.17) is 0 Å². The Kier molecular flexibility index (Phi) is 4.18. The molecule has 2 nitrogen and oxygen atoms in total. The zero-order valence-corrected chi connectivity index (χ0v) is 16.0. The molecule has 4 aliphatic rings. The Morgan fingerprint density at radius 1 is 1.16 bits per heavy atom. The van der Waals surface area contributed by atoms with Gasteiger partial charge in [0.15, 0.2) is 0 Å². The first-order chi connectivity index (χ1) is 11.8. The molecule has 25 heavy (non-hydrogen) atoms. The molecule has 0 bridgehead atoms. The van der Waals surface area contributed by atoms with Gasteiger partial charge >= 0.3 is 0 Å². The molecule has 140 valence electrons. The molecule has 4 aliphatic carbocycles. The smallest absolute Gasteiger partial charge is 0.136 e. The summed E-state index contributed by atoms with van der Waals surface area (Å²) in [4.78, 5) is 12.5. The number of carbonyl (C=O) groups excluding carboxylic acids is 1. The van der Waals surface area contributed by atoms with Gasteiger partial charge in [-0.1, -0.05) is 13.8 Å². The van der Waals surface area contributed by atoms with Gasteiger partial charge < -0.3 is 5.11 Å². The van der Waals surface area contributed by atoms with E-state index < -0.39 is 5.60 Å². The Morgan fingerprint density at radius 3 is 2.64 bits per heavy atom. The Bertz CT molecular complexity index is 607. The lowest BCUT2D eigenvalue weighted by atomic mass is 9.51. The van der Waals surface area contributed by atoms with Gasteiger partial charge in [-0.2, -0.15) is 0 Å². The maximum Gasteiger partial charge on any atom is 0.136 e. The van der Waals surface area contributed by atoms with E-state index in [1.54, 1.807) is 0 Å². The highest BCUT2D eigenvalue weighted by atomic mass is 19.1. The summed E-state index contributed by atoms with van der Waals surface area (Å²) in [5.41, 5.74) is 0.289. The summed E-state index contributed by atoms with van der Waals surface area (Å²) in [5, 5.41) is 10.4. The fraction of sp³-hybridized carbons (Fsp3) is 0.864. The Labute approximate surface area is 151 Å². The quantitative estimate of drug-likeness (QED) is 0.744. The fourth-order valence-corrected chi connectivity index (χ4v) is 7.26. The van der Waals surface area contributed by atoms with Crippen LogP contribution < -0.4 is 0 Å². The number of aliphatic hydroxyl groups is 1. The third-order valence-electron chi connectivity index (χ3n) is 8.52. The molecule has 0 spiro atoms. The largest absolute Gasteiger partial charge is 0.390 e. The first-order valence-electron chi connectivity index (χ1n) is 10.4. The van der Waals surface area contributed by atoms with E-state index in [2.05, 4.69) is 6.92 Å². The van der Waals surface area contributed by atoms with Crippen molar-refractivity contribution in [3.05, 3.63) is 11.4 Å². The molecular weight excluding hydrogens is 315 g/mol. The first-order valence-corrected chi connectivity index (χ1v) is 10.4. The van der Waals surface area contributed by atoms with E-state index in [0.29, 0.717) is 48.7 Å². The van der Waals surface area contributed by atoms with Gasteiger partial charge in [-0.25, -0.2) is 4.39 Å². The monoisotopic (exact) mass is 348 g/mol. The second kappa shape index (κ2) is 5.90.